The van der Waals surface area contributed by atoms with Crippen molar-refractivity contribution >= 4 is 43.6 Å². The van der Waals surface area contributed by atoms with Gasteiger partial charge in [0.05, 0.1) is 22.1 Å². The molecule has 10 aromatic rings. The number of hydrogen-bond donors (Lipinski definition) is 0. The number of hydrogen-bond acceptors (Lipinski definition) is 6. The van der Waals surface area contributed by atoms with Gasteiger partial charge in [-0.3, -0.25) is 29.9 Å². The van der Waals surface area contributed by atoms with E-state index in [4.69, 9.17) is 9.97 Å². The molecule has 0 atom stereocenters. The Balaban J connectivity index is 0.822. The Kier molecular flexibility index (Phi) is 7.09. The molecule has 0 saturated heterocycles. The van der Waals surface area contributed by atoms with E-state index in [1.54, 1.807) is 0 Å². The van der Waals surface area contributed by atoms with Crippen LogP contribution >= 0.6 is 0 Å². The summed E-state index contributed by atoms with van der Waals surface area (Å²) in [5, 5.41) is 4.40. The zero-order chi connectivity index (χ0) is 34.4. The summed E-state index contributed by atoms with van der Waals surface area (Å²) < 4.78 is 4.54. The van der Waals surface area contributed by atoms with Crippen molar-refractivity contribution in [2.24, 2.45) is 0 Å². The molecule has 0 aliphatic rings. The summed E-state index contributed by atoms with van der Waals surface area (Å²) in [7, 11) is 0. The third-order valence-electron chi connectivity index (χ3n) is 9.88. The summed E-state index contributed by atoms with van der Waals surface area (Å²) in [4.78, 5) is 27.0. The molecule has 246 valence electrons. The van der Waals surface area contributed by atoms with E-state index in [0.717, 1.165) is 90.3 Å². The molecule has 0 fully saturated rings. The molecule has 0 amide bonds. The van der Waals surface area contributed by atoms with Crippen LogP contribution in [0.15, 0.2) is 159 Å². The Bertz CT molecular complexity index is 2560. The van der Waals surface area contributed by atoms with E-state index >= 15 is 0 Å². The minimum Gasteiger partial charge on any atom is -0.309 e. The highest BCUT2D eigenvalue weighted by Gasteiger charge is 2.14. The minimum absolute atomic E-state index is 0.753. The van der Waals surface area contributed by atoms with Gasteiger partial charge in [0.15, 0.2) is 0 Å². The Labute approximate surface area is 298 Å². The Hall–Kier alpha value is -7.06. The molecule has 8 nitrogen and oxygen atoms in total. The Morgan fingerprint density at radius 1 is 0.346 bits per heavy atom. The van der Waals surface area contributed by atoms with Crippen molar-refractivity contribution in [3.8, 4) is 22.5 Å². The fraction of sp³-hybridized carbons (Fsp3) is 0.0455. The van der Waals surface area contributed by atoms with Gasteiger partial charge in [0.25, 0.3) is 0 Å². The van der Waals surface area contributed by atoms with Crippen LogP contribution in [0.25, 0.3) is 66.1 Å². The van der Waals surface area contributed by atoms with Crippen molar-refractivity contribution < 1.29 is 0 Å². The molecular formula is C44H30N8. The largest absolute Gasteiger partial charge is 0.309 e. The van der Waals surface area contributed by atoms with E-state index in [2.05, 4.69) is 126 Å². The van der Waals surface area contributed by atoms with Crippen LogP contribution in [-0.2, 0) is 12.8 Å². The van der Waals surface area contributed by atoms with E-state index in [-0.39, 0.29) is 0 Å². The third-order valence-corrected chi connectivity index (χ3v) is 9.88. The highest BCUT2D eigenvalue weighted by molar-refractivity contribution is 6.09. The van der Waals surface area contributed by atoms with Gasteiger partial charge in [-0.1, -0.05) is 36.4 Å². The molecular weight excluding hydrogens is 641 g/mol. The summed E-state index contributed by atoms with van der Waals surface area (Å²) in [5.41, 5.74) is 13.2. The van der Waals surface area contributed by atoms with Gasteiger partial charge in [0.1, 0.15) is 0 Å². The van der Waals surface area contributed by atoms with Gasteiger partial charge in [-0.05, 0) is 71.8 Å². The van der Waals surface area contributed by atoms with Crippen molar-refractivity contribution in [1.29, 1.82) is 0 Å². The third kappa shape index (κ3) is 5.16. The van der Waals surface area contributed by atoms with E-state index in [9.17, 15) is 0 Å². The molecule has 8 heteroatoms. The topological polar surface area (TPSA) is 87.2 Å². The molecule has 0 bridgehead atoms. The second-order valence-corrected chi connectivity index (χ2v) is 13.0. The second kappa shape index (κ2) is 12.4. The Morgan fingerprint density at radius 2 is 0.692 bits per heavy atom. The monoisotopic (exact) mass is 670 g/mol. The molecule has 0 unspecified atom stereocenters. The first-order chi connectivity index (χ1) is 25.8. The molecule has 0 saturated carbocycles. The van der Waals surface area contributed by atoms with Crippen LogP contribution in [-0.4, -0.2) is 39.0 Å². The number of nitrogens with zero attached hydrogens (tertiary/aromatic N) is 8. The fourth-order valence-corrected chi connectivity index (χ4v) is 7.32. The highest BCUT2D eigenvalue weighted by atomic mass is 15.0. The van der Waals surface area contributed by atoms with Gasteiger partial charge in [-0.2, -0.15) is 0 Å². The summed E-state index contributed by atoms with van der Waals surface area (Å²) >= 11 is 0. The summed E-state index contributed by atoms with van der Waals surface area (Å²) in [6.07, 6.45) is 20.4. The summed E-state index contributed by atoms with van der Waals surface area (Å²) in [6, 6.07) is 34.1. The lowest BCUT2D eigenvalue weighted by Crippen LogP contribution is -1.97. The molecule has 0 aliphatic carbocycles. The van der Waals surface area contributed by atoms with Gasteiger partial charge in [-0.15, -0.1) is 0 Å². The van der Waals surface area contributed by atoms with Crippen molar-refractivity contribution in [3.63, 3.8) is 0 Å². The van der Waals surface area contributed by atoms with Crippen LogP contribution in [0.4, 0.5) is 0 Å². The molecule has 8 heterocycles. The maximum atomic E-state index is 4.81. The van der Waals surface area contributed by atoms with Gasteiger partial charge in [0, 0.05) is 130 Å². The first-order valence-corrected chi connectivity index (χ1v) is 17.2. The number of aromatic nitrogens is 8. The van der Waals surface area contributed by atoms with E-state index in [1.807, 2.05) is 62.0 Å². The quantitative estimate of drug-likeness (QED) is 0.168. The zero-order valence-electron chi connectivity index (χ0n) is 28.0. The molecule has 0 N–H and O–H groups in total. The van der Waals surface area contributed by atoms with Crippen LogP contribution in [0.3, 0.4) is 0 Å². The normalized spacial score (nSPS) is 11.6. The van der Waals surface area contributed by atoms with E-state index < -0.39 is 0 Å². The number of benzene rings is 2. The summed E-state index contributed by atoms with van der Waals surface area (Å²) in [6.45, 7) is 0. The van der Waals surface area contributed by atoms with Gasteiger partial charge in [0.2, 0.25) is 0 Å². The van der Waals surface area contributed by atoms with Crippen LogP contribution in [0.2, 0.25) is 0 Å². The van der Waals surface area contributed by atoms with Crippen LogP contribution < -0.4 is 0 Å². The number of pyridine rings is 6. The molecule has 10 rings (SSSR count). The molecule has 52 heavy (non-hydrogen) atoms. The van der Waals surface area contributed by atoms with Crippen molar-refractivity contribution in [3.05, 3.63) is 182 Å². The second-order valence-electron chi connectivity index (χ2n) is 13.0. The first kappa shape index (κ1) is 29.8. The predicted octanol–water partition coefficient (Wildman–Crippen LogP) is 9.10. The SMILES string of the molecule is c1cc2c(cn1)c1cnccc1n2-c1ccc(Cc2ccc(-c3ccc(Cc4ccc(-n5c6ccncc6c6cnccc65)cc4)nc3)cn2)cc1. The standard InChI is InChI=1S/C44H30N8/c1-9-35(51-41-13-17-45-25-37(41)38-26-46-18-14-42(38)51)10-2-29(1)21-33-7-5-31(23-49-33)32-6-8-34(50-24-32)22-30-3-11-36(12-4-30)52-43-15-19-47-27-39(43)40-28-48-20-16-44(40)52/h1-20,23-28H,21-22H2. The van der Waals surface area contributed by atoms with Crippen LogP contribution in [0.1, 0.15) is 22.5 Å². The van der Waals surface area contributed by atoms with Crippen molar-refractivity contribution in [2.45, 2.75) is 12.8 Å². The van der Waals surface area contributed by atoms with Gasteiger partial charge < -0.3 is 9.13 Å². The molecule has 2 aromatic carbocycles. The molecule has 0 radical (unpaired) electrons. The van der Waals surface area contributed by atoms with E-state index in [1.165, 1.54) is 11.1 Å². The van der Waals surface area contributed by atoms with Gasteiger partial charge >= 0.3 is 0 Å². The van der Waals surface area contributed by atoms with Gasteiger partial charge in [-0.25, -0.2) is 0 Å². The minimum atomic E-state index is 0.753. The van der Waals surface area contributed by atoms with Crippen molar-refractivity contribution in [1.82, 2.24) is 39.0 Å². The molecule has 8 aromatic heterocycles. The zero-order valence-corrected chi connectivity index (χ0v) is 28.0. The number of rotatable bonds is 7. The summed E-state index contributed by atoms with van der Waals surface area (Å²) in [5.74, 6) is 0. The predicted molar refractivity (Wildman–Crippen MR) is 206 cm³/mol. The smallest absolute Gasteiger partial charge is 0.0572 e. The lowest BCUT2D eigenvalue weighted by molar-refractivity contribution is 1.06. The van der Waals surface area contributed by atoms with Crippen LogP contribution in [0.5, 0.6) is 0 Å². The average molecular weight is 671 g/mol. The highest BCUT2D eigenvalue weighted by Crippen LogP contribution is 2.32. The lowest BCUT2D eigenvalue weighted by Gasteiger charge is -2.10. The molecule has 0 spiro atoms. The first-order valence-electron chi connectivity index (χ1n) is 17.2. The Morgan fingerprint density at radius 3 is 1.00 bits per heavy atom. The average Bonchev–Trinajstić information content (AvgIpc) is 3.73. The molecule has 0 aliphatic heterocycles. The van der Waals surface area contributed by atoms with Crippen LogP contribution in [0, 0.1) is 0 Å². The number of fused-ring (bicyclic) bond motifs is 6. The maximum Gasteiger partial charge on any atom is 0.0572 e. The lowest BCUT2D eigenvalue weighted by atomic mass is 10.0. The maximum absolute atomic E-state index is 4.81. The van der Waals surface area contributed by atoms with Crippen molar-refractivity contribution in [2.75, 3.05) is 0 Å². The fourth-order valence-electron chi connectivity index (χ4n) is 7.32. The van der Waals surface area contributed by atoms with E-state index in [0.29, 0.717) is 0 Å².